The van der Waals surface area contributed by atoms with Crippen LogP contribution in [0.25, 0.3) is 22.0 Å². The van der Waals surface area contributed by atoms with Crippen LogP contribution in [0.3, 0.4) is 0 Å². The van der Waals surface area contributed by atoms with Crippen molar-refractivity contribution in [3.63, 3.8) is 0 Å². The second kappa shape index (κ2) is 11.1. The number of Topliss-reactive ketones (excluding diaryl/α,β-unsaturated/α-hetero) is 1. The number of rotatable bonds is 7. The van der Waals surface area contributed by atoms with Gasteiger partial charge in [0.2, 0.25) is 11.8 Å². The number of likely N-dealkylation sites (tertiary alicyclic amines) is 1. The molecule has 0 bridgehead atoms. The van der Waals surface area contributed by atoms with Crippen LogP contribution in [0.5, 0.6) is 0 Å². The summed E-state index contributed by atoms with van der Waals surface area (Å²) in [6.45, 7) is -0.832. The Hall–Kier alpha value is -5.04. The molecular weight excluding hydrogens is 545 g/mol. The van der Waals surface area contributed by atoms with E-state index in [9.17, 15) is 23.6 Å². The van der Waals surface area contributed by atoms with Crippen LogP contribution in [0.4, 0.5) is 4.39 Å². The maximum Gasteiger partial charge on any atom is 0.269 e. The highest BCUT2D eigenvalue weighted by Gasteiger charge is 2.44. The summed E-state index contributed by atoms with van der Waals surface area (Å²) in [6, 6.07) is 13.8. The number of nitrogens with zero attached hydrogens (tertiary/aromatic N) is 5. The molecule has 2 aliphatic rings. The van der Waals surface area contributed by atoms with E-state index in [4.69, 9.17) is 10.5 Å². The van der Waals surface area contributed by atoms with Crippen LogP contribution in [-0.4, -0.2) is 79.8 Å². The quantitative estimate of drug-likeness (QED) is 0.336. The molecule has 13 heteroatoms. The molecule has 3 N–H and O–H groups in total. The van der Waals surface area contributed by atoms with Gasteiger partial charge in [-0.1, -0.05) is 36.4 Å². The van der Waals surface area contributed by atoms with Crippen molar-refractivity contribution in [2.24, 2.45) is 5.73 Å². The minimum Gasteiger partial charge on any atom is -0.364 e. The Kier molecular flexibility index (Phi) is 7.17. The second-order valence-corrected chi connectivity index (χ2v) is 10.2. The fourth-order valence-electron chi connectivity index (χ4n) is 5.51. The largest absolute Gasteiger partial charge is 0.364 e. The summed E-state index contributed by atoms with van der Waals surface area (Å²) in [4.78, 5) is 52.7. The minimum atomic E-state index is -1.43. The fourth-order valence-corrected chi connectivity index (χ4v) is 5.51. The second-order valence-electron chi connectivity index (χ2n) is 10.2. The molecule has 2 aromatic heterocycles. The van der Waals surface area contributed by atoms with E-state index in [1.807, 2.05) is 6.07 Å². The van der Waals surface area contributed by atoms with Gasteiger partial charge in [-0.25, -0.2) is 4.39 Å². The number of alkyl halides is 1. The molecule has 4 unspecified atom stereocenters. The molecular formula is C29H26FN7O5. The number of hydrogen-bond acceptors (Lipinski definition) is 8. The van der Waals surface area contributed by atoms with E-state index in [1.54, 1.807) is 54.7 Å². The molecule has 0 aliphatic carbocycles. The lowest BCUT2D eigenvalue weighted by Gasteiger charge is -2.26. The van der Waals surface area contributed by atoms with Gasteiger partial charge in [0.1, 0.15) is 37.5 Å². The number of nitrogens with one attached hydrogen (secondary N) is 1. The average molecular weight is 572 g/mol. The number of ketones is 1. The van der Waals surface area contributed by atoms with E-state index in [2.05, 4.69) is 20.6 Å². The predicted octanol–water partition coefficient (Wildman–Crippen LogP) is 1.36. The summed E-state index contributed by atoms with van der Waals surface area (Å²) >= 11 is 0. The number of amides is 3. The smallest absolute Gasteiger partial charge is 0.269 e. The Labute approximate surface area is 238 Å². The van der Waals surface area contributed by atoms with Gasteiger partial charge in [0, 0.05) is 17.4 Å². The normalized spacial score (nSPS) is 22.0. The van der Waals surface area contributed by atoms with Gasteiger partial charge < -0.3 is 20.7 Å². The monoisotopic (exact) mass is 571 g/mol. The molecule has 214 valence electrons. The van der Waals surface area contributed by atoms with Gasteiger partial charge in [-0.15, -0.1) is 0 Å². The Bertz CT molecular complexity index is 1680. The lowest BCUT2D eigenvalue weighted by atomic mass is 10.0. The zero-order valence-electron chi connectivity index (χ0n) is 22.2. The Morgan fingerprint density at radius 3 is 2.62 bits per heavy atom. The lowest BCUT2D eigenvalue weighted by Crippen LogP contribution is -2.51. The van der Waals surface area contributed by atoms with Gasteiger partial charge in [-0.3, -0.25) is 23.9 Å². The van der Waals surface area contributed by atoms with Crippen LogP contribution in [0.1, 0.15) is 28.6 Å². The van der Waals surface area contributed by atoms with Crippen LogP contribution in [0.15, 0.2) is 67.0 Å². The predicted molar refractivity (Wildman–Crippen MR) is 146 cm³/mol. The van der Waals surface area contributed by atoms with E-state index < -0.39 is 42.1 Å². The highest BCUT2D eigenvalue weighted by Crippen LogP contribution is 2.30. The van der Waals surface area contributed by atoms with Crippen molar-refractivity contribution < 1.29 is 28.3 Å². The van der Waals surface area contributed by atoms with Crippen molar-refractivity contribution in [2.45, 2.75) is 37.3 Å². The van der Waals surface area contributed by atoms with Crippen LogP contribution in [0, 0.1) is 0 Å². The standard InChI is InChI=1S/C29H26FN7O5/c30-19-11-22(29(41)34-26-23(38)15-42-27(26)16-4-2-1-3-5-16)36(13-19)24(39)14-37-21-7-6-17(18-8-9-32-33-12-18)10-20(21)25(35-37)28(31)40/h1-10,12,19,22,26-27H,11,13-15H2,(H2,31,40)(H,34,41). The van der Waals surface area contributed by atoms with E-state index >= 15 is 0 Å². The Balaban J connectivity index is 1.23. The van der Waals surface area contributed by atoms with Gasteiger partial charge in [0.25, 0.3) is 5.91 Å². The number of carbonyl (C=O) groups is 4. The first-order valence-corrected chi connectivity index (χ1v) is 13.3. The van der Waals surface area contributed by atoms with Crippen LogP contribution in [0.2, 0.25) is 0 Å². The summed E-state index contributed by atoms with van der Waals surface area (Å²) in [5, 5.41) is 15.0. The molecule has 2 fully saturated rings. The summed E-state index contributed by atoms with van der Waals surface area (Å²) in [7, 11) is 0. The lowest BCUT2D eigenvalue weighted by molar-refractivity contribution is -0.139. The highest BCUT2D eigenvalue weighted by atomic mass is 19.1. The zero-order valence-corrected chi connectivity index (χ0v) is 22.2. The minimum absolute atomic E-state index is 0.0348. The van der Waals surface area contributed by atoms with Crippen LogP contribution >= 0.6 is 0 Å². The molecule has 0 spiro atoms. The first-order chi connectivity index (χ1) is 20.3. The molecule has 4 aromatic rings. The molecule has 2 aromatic carbocycles. The number of nitrogens with two attached hydrogens (primary N) is 1. The molecule has 0 saturated carbocycles. The maximum atomic E-state index is 14.6. The molecule has 2 saturated heterocycles. The third-order valence-corrected chi connectivity index (χ3v) is 7.54. The number of carbonyl (C=O) groups excluding carboxylic acids is 4. The number of aromatic nitrogens is 4. The SMILES string of the molecule is NC(=O)c1nn(CC(=O)N2CC(F)CC2C(=O)NC2C(=O)COC2c2ccccc2)c2ccc(-c3ccnnc3)cc12. The highest BCUT2D eigenvalue weighted by molar-refractivity contribution is 6.05. The summed E-state index contributed by atoms with van der Waals surface area (Å²) < 4.78 is 21.6. The topological polar surface area (TPSA) is 162 Å². The van der Waals surface area contributed by atoms with Crippen molar-refractivity contribution in [3.05, 3.63) is 78.2 Å². The van der Waals surface area contributed by atoms with Gasteiger partial charge in [0.15, 0.2) is 11.5 Å². The molecule has 3 amide bonds. The van der Waals surface area contributed by atoms with E-state index in [0.717, 1.165) is 21.6 Å². The molecule has 4 atom stereocenters. The fraction of sp³-hybridized carbons (Fsp3) is 0.276. The van der Waals surface area contributed by atoms with Gasteiger partial charge in [-0.2, -0.15) is 15.3 Å². The number of hydrogen-bond donors (Lipinski definition) is 2. The number of fused-ring (bicyclic) bond motifs is 1. The molecule has 6 rings (SSSR count). The Morgan fingerprint density at radius 2 is 1.88 bits per heavy atom. The van der Waals surface area contributed by atoms with E-state index in [1.165, 1.54) is 10.9 Å². The first-order valence-electron chi connectivity index (χ1n) is 13.3. The zero-order chi connectivity index (χ0) is 29.4. The van der Waals surface area contributed by atoms with E-state index in [-0.39, 0.29) is 37.6 Å². The summed E-state index contributed by atoms with van der Waals surface area (Å²) in [5.41, 5.74) is 8.22. The summed E-state index contributed by atoms with van der Waals surface area (Å²) in [5.74, 6) is -2.32. The molecule has 0 radical (unpaired) electrons. The van der Waals surface area contributed by atoms with Crippen LogP contribution in [-0.2, 0) is 25.7 Å². The number of halogens is 1. The van der Waals surface area contributed by atoms with Crippen molar-refractivity contribution in [2.75, 3.05) is 13.2 Å². The van der Waals surface area contributed by atoms with E-state index in [0.29, 0.717) is 10.9 Å². The molecule has 42 heavy (non-hydrogen) atoms. The number of ether oxygens (including phenoxy) is 1. The third-order valence-electron chi connectivity index (χ3n) is 7.54. The van der Waals surface area contributed by atoms with Crippen molar-refractivity contribution in [1.82, 2.24) is 30.2 Å². The van der Waals surface area contributed by atoms with Crippen molar-refractivity contribution in [1.29, 1.82) is 0 Å². The molecule has 4 heterocycles. The summed E-state index contributed by atoms with van der Waals surface area (Å²) in [6.07, 6.45) is 0.764. The number of primary amides is 1. The number of benzene rings is 2. The molecule has 2 aliphatic heterocycles. The van der Waals surface area contributed by atoms with Gasteiger partial charge in [-0.05, 0) is 29.3 Å². The maximum absolute atomic E-state index is 14.6. The first kappa shape index (κ1) is 27.1. The van der Waals surface area contributed by atoms with Crippen LogP contribution < -0.4 is 11.1 Å². The Morgan fingerprint density at radius 1 is 1.07 bits per heavy atom. The van der Waals surface area contributed by atoms with Crippen molar-refractivity contribution >= 4 is 34.4 Å². The molecule has 12 nitrogen and oxygen atoms in total. The van der Waals surface area contributed by atoms with Gasteiger partial charge >= 0.3 is 0 Å². The average Bonchev–Trinajstić information content (AvgIpc) is 3.69. The third kappa shape index (κ3) is 5.09. The van der Waals surface area contributed by atoms with Crippen molar-refractivity contribution in [3.8, 4) is 11.1 Å². The van der Waals surface area contributed by atoms with Gasteiger partial charge in [0.05, 0.1) is 24.5 Å².